The Kier molecular flexibility index (Phi) is 3.49. The Morgan fingerprint density at radius 2 is 2.41 bits per heavy atom. The van der Waals surface area contributed by atoms with Gasteiger partial charge in [0.1, 0.15) is 17.9 Å². The molecule has 0 saturated carbocycles. The van der Waals surface area contributed by atoms with Crippen molar-refractivity contribution in [3.05, 3.63) is 23.8 Å². The number of hydrogen-bond acceptors (Lipinski definition) is 4. The van der Waals surface area contributed by atoms with Gasteiger partial charge in [0, 0.05) is 18.4 Å². The Morgan fingerprint density at radius 1 is 1.59 bits per heavy atom. The van der Waals surface area contributed by atoms with Gasteiger partial charge in [0.05, 0.1) is 6.10 Å². The number of rotatable bonds is 4. The molecule has 0 spiro atoms. The molecule has 92 valence electrons. The Morgan fingerprint density at radius 3 is 3.06 bits per heavy atom. The van der Waals surface area contributed by atoms with Crippen LogP contribution in [0.4, 0.5) is 5.69 Å². The maximum Gasteiger partial charge on any atom is 0.339 e. The van der Waals surface area contributed by atoms with Gasteiger partial charge in [-0.1, -0.05) is 0 Å². The number of anilines is 1. The second-order valence-corrected chi connectivity index (χ2v) is 4.01. The molecular formula is C12H15NO4. The summed E-state index contributed by atoms with van der Waals surface area (Å²) >= 11 is 0. The highest BCUT2D eigenvalue weighted by molar-refractivity contribution is 5.91. The smallest absolute Gasteiger partial charge is 0.339 e. The molecule has 17 heavy (non-hydrogen) atoms. The molecule has 1 unspecified atom stereocenters. The average Bonchev–Trinajstić information content (AvgIpc) is 2.78. The first kappa shape index (κ1) is 11.7. The summed E-state index contributed by atoms with van der Waals surface area (Å²) in [7, 11) is 0. The van der Waals surface area contributed by atoms with Gasteiger partial charge in [-0.15, -0.1) is 0 Å². The minimum Gasteiger partial charge on any atom is -0.490 e. The number of nitrogen functional groups attached to an aromatic ring is 1. The fourth-order valence-electron chi connectivity index (χ4n) is 1.79. The zero-order valence-electron chi connectivity index (χ0n) is 9.39. The Balaban J connectivity index is 2.07. The number of hydrogen-bond donors (Lipinski definition) is 2. The summed E-state index contributed by atoms with van der Waals surface area (Å²) in [6.45, 7) is 1.11. The lowest BCUT2D eigenvalue weighted by Gasteiger charge is -2.13. The van der Waals surface area contributed by atoms with Crippen molar-refractivity contribution in [3.63, 3.8) is 0 Å². The molecule has 1 aliphatic rings. The third kappa shape index (κ3) is 2.88. The molecule has 1 atom stereocenters. The van der Waals surface area contributed by atoms with Crippen LogP contribution in [0.15, 0.2) is 18.2 Å². The fraction of sp³-hybridized carbons (Fsp3) is 0.417. The zero-order chi connectivity index (χ0) is 12.3. The lowest BCUT2D eigenvalue weighted by Crippen LogP contribution is -2.17. The van der Waals surface area contributed by atoms with E-state index in [9.17, 15) is 4.79 Å². The Labute approximate surface area is 99.1 Å². The Bertz CT molecular complexity index is 413. The highest BCUT2D eigenvalue weighted by Gasteiger charge is 2.18. The van der Waals surface area contributed by atoms with E-state index >= 15 is 0 Å². The van der Waals surface area contributed by atoms with Crippen LogP contribution in [0.3, 0.4) is 0 Å². The molecule has 1 aromatic carbocycles. The first-order valence-corrected chi connectivity index (χ1v) is 5.54. The minimum atomic E-state index is -1.02. The van der Waals surface area contributed by atoms with Gasteiger partial charge in [0.15, 0.2) is 0 Å². The monoisotopic (exact) mass is 237 g/mol. The van der Waals surface area contributed by atoms with Gasteiger partial charge >= 0.3 is 5.97 Å². The van der Waals surface area contributed by atoms with Gasteiger partial charge in [-0.2, -0.15) is 0 Å². The molecule has 2 rings (SSSR count). The van der Waals surface area contributed by atoms with Crippen LogP contribution in [0.1, 0.15) is 23.2 Å². The third-order valence-electron chi connectivity index (χ3n) is 2.68. The van der Waals surface area contributed by atoms with E-state index in [1.165, 1.54) is 12.1 Å². The summed E-state index contributed by atoms with van der Waals surface area (Å²) in [6, 6.07) is 4.52. The van der Waals surface area contributed by atoms with Crippen molar-refractivity contribution in [2.45, 2.75) is 18.9 Å². The summed E-state index contributed by atoms with van der Waals surface area (Å²) in [6.07, 6.45) is 2.03. The van der Waals surface area contributed by atoms with Crippen molar-refractivity contribution in [3.8, 4) is 5.75 Å². The van der Waals surface area contributed by atoms with Gasteiger partial charge in [0.2, 0.25) is 0 Å². The molecule has 5 nitrogen and oxygen atoms in total. The number of carbonyl (C=O) groups is 1. The number of nitrogens with two attached hydrogens (primary N) is 1. The van der Waals surface area contributed by atoms with Crippen LogP contribution >= 0.6 is 0 Å². The SMILES string of the molecule is Nc1ccc(C(=O)O)c(OCC2CCCO2)c1. The van der Waals surface area contributed by atoms with Crippen molar-refractivity contribution in [1.82, 2.24) is 0 Å². The zero-order valence-corrected chi connectivity index (χ0v) is 9.39. The van der Waals surface area contributed by atoms with Crippen molar-refractivity contribution in [2.75, 3.05) is 18.9 Å². The maximum atomic E-state index is 11.0. The first-order chi connectivity index (χ1) is 8.16. The van der Waals surface area contributed by atoms with E-state index in [1.807, 2.05) is 0 Å². The Hall–Kier alpha value is -1.75. The van der Waals surface area contributed by atoms with Gasteiger partial charge in [0.25, 0.3) is 0 Å². The van der Waals surface area contributed by atoms with E-state index in [0.29, 0.717) is 18.0 Å². The van der Waals surface area contributed by atoms with E-state index in [1.54, 1.807) is 6.07 Å². The molecule has 0 bridgehead atoms. The van der Waals surface area contributed by atoms with Crippen LogP contribution in [0, 0.1) is 0 Å². The van der Waals surface area contributed by atoms with Crippen LogP contribution in [0.2, 0.25) is 0 Å². The quantitative estimate of drug-likeness (QED) is 0.776. The van der Waals surface area contributed by atoms with Gasteiger partial charge in [-0.05, 0) is 25.0 Å². The standard InChI is InChI=1S/C12H15NO4/c13-8-3-4-10(12(14)15)11(6-8)17-7-9-2-1-5-16-9/h3-4,6,9H,1-2,5,7,13H2,(H,14,15). The normalized spacial score (nSPS) is 19.2. The molecule has 0 aromatic heterocycles. The van der Waals surface area contributed by atoms with E-state index in [2.05, 4.69) is 0 Å². The fourth-order valence-corrected chi connectivity index (χ4v) is 1.79. The topological polar surface area (TPSA) is 81.8 Å². The number of ether oxygens (including phenoxy) is 2. The molecule has 5 heteroatoms. The molecule has 0 amide bonds. The maximum absolute atomic E-state index is 11.0. The van der Waals surface area contributed by atoms with Crippen LogP contribution in [0.5, 0.6) is 5.75 Å². The summed E-state index contributed by atoms with van der Waals surface area (Å²) in [5, 5.41) is 9.00. The highest BCUT2D eigenvalue weighted by atomic mass is 16.5. The van der Waals surface area contributed by atoms with Crippen molar-refractivity contribution in [2.24, 2.45) is 0 Å². The van der Waals surface area contributed by atoms with Crippen LogP contribution in [-0.2, 0) is 4.74 Å². The van der Waals surface area contributed by atoms with Crippen LogP contribution < -0.4 is 10.5 Å². The third-order valence-corrected chi connectivity index (χ3v) is 2.68. The van der Waals surface area contributed by atoms with Crippen molar-refractivity contribution >= 4 is 11.7 Å². The number of carboxylic acids is 1. The minimum absolute atomic E-state index is 0.0538. The molecule has 0 aliphatic carbocycles. The lowest BCUT2D eigenvalue weighted by molar-refractivity contribution is 0.0630. The highest BCUT2D eigenvalue weighted by Crippen LogP contribution is 2.23. The number of aromatic carboxylic acids is 1. The summed E-state index contributed by atoms with van der Waals surface area (Å²) in [4.78, 5) is 11.0. The van der Waals surface area contributed by atoms with Crippen LogP contribution in [0.25, 0.3) is 0 Å². The molecule has 1 fully saturated rings. The average molecular weight is 237 g/mol. The summed E-state index contributed by atoms with van der Waals surface area (Å²) in [5.74, 6) is -0.722. The summed E-state index contributed by atoms with van der Waals surface area (Å²) < 4.78 is 10.9. The molecular weight excluding hydrogens is 222 g/mol. The lowest BCUT2D eigenvalue weighted by atomic mass is 10.2. The molecule has 1 heterocycles. The van der Waals surface area contributed by atoms with E-state index in [-0.39, 0.29) is 11.7 Å². The second-order valence-electron chi connectivity index (χ2n) is 4.01. The molecule has 1 saturated heterocycles. The second kappa shape index (κ2) is 5.05. The van der Waals surface area contributed by atoms with E-state index in [4.69, 9.17) is 20.3 Å². The first-order valence-electron chi connectivity index (χ1n) is 5.54. The van der Waals surface area contributed by atoms with Gasteiger partial charge < -0.3 is 20.3 Å². The number of benzene rings is 1. The molecule has 1 aromatic rings. The van der Waals surface area contributed by atoms with Gasteiger partial charge in [-0.3, -0.25) is 0 Å². The predicted octanol–water partition coefficient (Wildman–Crippen LogP) is 1.52. The molecule has 1 aliphatic heterocycles. The van der Waals surface area contributed by atoms with Crippen molar-refractivity contribution < 1.29 is 19.4 Å². The molecule has 3 N–H and O–H groups in total. The molecule has 0 radical (unpaired) electrons. The van der Waals surface area contributed by atoms with E-state index < -0.39 is 5.97 Å². The largest absolute Gasteiger partial charge is 0.490 e. The van der Waals surface area contributed by atoms with Crippen LogP contribution in [-0.4, -0.2) is 30.4 Å². The number of carboxylic acid groups (broad SMARTS) is 1. The van der Waals surface area contributed by atoms with E-state index in [0.717, 1.165) is 19.4 Å². The van der Waals surface area contributed by atoms with Gasteiger partial charge in [-0.25, -0.2) is 4.79 Å². The van der Waals surface area contributed by atoms with Crippen molar-refractivity contribution in [1.29, 1.82) is 0 Å². The predicted molar refractivity (Wildman–Crippen MR) is 62.3 cm³/mol. The summed E-state index contributed by atoms with van der Waals surface area (Å²) in [5.41, 5.74) is 6.21.